The van der Waals surface area contributed by atoms with Crippen molar-refractivity contribution in [2.75, 3.05) is 0 Å². The van der Waals surface area contributed by atoms with Crippen LogP contribution in [0, 0.1) is 30.4 Å². The molecule has 0 fully saturated rings. The number of hydrogen-bond donors (Lipinski definition) is 1. The molecule has 0 aliphatic rings. The fourth-order valence-electron chi connectivity index (χ4n) is 1.01. The van der Waals surface area contributed by atoms with Crippen LogP contribution in [0.15, 0.2) is 12.1 Å². The maximum Gasteiger partial charge on any atom is 0.139 e. The predicted octanol–water partition coefficient (Wildman–Crippen LogP) is 2.36. The summed E-state index contributed by atoms with van der Waals surface area (Å²) < 4.78 is 26.4. The number of benzene rings is 1. The van der Waals surface area contributed by atoms with Gasteiger partial charge in [-0.3, -0.25) is 0 Å². The quantitative estimate of drug-likeness (QED) is 0.706. The van der Waals surface area contributed by atoms with Gasteiger partial charge < -0.3 is 5.73 Å². The highest BCUT2D eigenvalue weighted by molar-refractivity contribution is 5.38. The fraction of sp³-hybridized carbons (Fsp3) is 0.333. The van der Waals surface area contributed by atoms with E-state index in [9.17, 15) is 8.78 Å². The smallest absolute Gasteiger partial charge is 0.139 e. The van der Waals surface area contributed by atoms with E-state index in [1.54, 1.807) is 0 Å². The number of hydrogen-bond acceptors (Lipinski definition) is 1. The first-order valence-corrected chi connectivity index (χ1v) is 4.77. The first kappa shape index (κ1) is 11.7. The van der Waals surface area contributed by atoms with Crippen LogP contribution in [0.5, 0.6) is 0 Å². The van der Waals surface area contributed by atoms with Gasteiger partial charge in [0.15, 0.2) is 0 Å². The Bertz CT molecular complexity index is 416. The minimum atomic E-state index is -0.510. The van der Waals surface area contributed by atoms with Crippen molar-refractivity contribution >= 4 is 0 Å². The monoisotopic (exact) mass is 209 g/mol. The van der Waals surface area contributed by atoms with Crippen molar-refractivity contribution in [1.29, 1.82) is 0 Å². The predicted molar refractivity (Wildman–Crippen MR) is 56.2 cm³/mol. The zero-order chi connectivity index (χ0) is 11.4. The van der Waals surface area contributed by atoms with Crippen LogP contribution in [-0.4, -0.2) is 6.04 Å². The Hall–Kier alpha value is -1.40. The van der Waals surface area contributed by atoms with Gasteiger partial charge in [-0.05, 0) is 31.0 Å². The number of rotatable bonds is 1. The van der Waals surface area contributed by atoms with Gasteiger partial charge in [-0.15, -0.1) is 0 Å². The number of nitrogens with two attached hydrogens (primary N) is 1. The molecular formula is C12H13F2N. The molecule has 0 aliphatic heterocycles. The summed E-state index contributed by atoms with van der Waals surface area (Å²) in [6.45, 7) is 3.39. The van der Waals surface area contributed by atoms with E-state index in [-0.39, 0.29) is 17.2 Å². The van der Waals surface area contributed by atoms with Crippen molar-refractivity contribution in [3.8, 4) is 11.8 Å². The number of aryl methyl sites for hydroxylation is 1. The summed E-state index contributed by atoms with van der Waals surface area (Å²) in [5.74, 6) is 4.24. The summed E-state index contributed by atoms with van der Waals surface area (Å²) in [7, 11) is 0. The molecule has 2 N–H and O–H groups in total. The molecular weight excluding hydrogens is 196 g/mol. The third kappa shape index (κ3) is 3.03. The molecule has 1 nitrogen and oxygen atoms in total. The summed E-state index contributed by atoms with van der Waals surface area (Å²) in [5, 5.41) is 0. The van der Waals surface area contributed by atoms with Crippen LogP contribution in [-0.2, 0) is 0 Å². The van der Waals surface area contributed by atoms with Crippen molar-refractivity contribution in [1.82, 2.24) is 0 Å². The molecule has 0 spiro atoms. The summed E-state index contributed by atoms with van der Waals surface area (Å²) >= 11 is 0. The first-order valence-electron chi connectivity index (χ1n) is 4.77. The molecule has 1 unspecified atom stereocenters. The Balaban J connectivity index is 3.04. The molecule has 1 aromatic carbocycles. The van der Waals surface area contributed by atoms with Gasteiger partial charge in [-0.2, -0.15) is 0 Å². The minimum absolute atomic E-state index is 0.0574. The van der Waals surface area contributed by atoms with Crippen LogP contribution in [0.25, 0.3) is 0 Å². The van der Waals surface area contributed by atoms with Gasteiger partial charge in [0.1, 0.15) is 11.6 Å². The van der Waals surface area contributed by atoms with Crippen molar-refractivity contribution in [3.05, 3.63) is 34.9 Å². The van der Waals surface area contributed by atoms with Crippen LogP contribution < -0.4 is 5.73 Å². The normalized spacial score (nSPS) is 11.8. The third-order valence-electron chi connectivity index (χ3n) is 2.08. The molecule has 1 rings (SSSR count). The molecule has 0 saturated heterocycles. The van der Waals surface area contributed by atoms with Crippen molar-refractivity contribution in [3.63, 3.8) is 0 Å². The minimum Gasteiger partial charge on any atom is -0.318 e. The third-order valence-corrected chi connectivity index (χ3v) is 2.08. The van der Waals surface area contributed by atoms with Crippen LogP contribution in [0.3, 0.4) is 0 Å². The lowest BCUT2D eigenvalue weighted by atomic mass is 10.1. The van der Waals surface area contributed by atoms with Gasteiger partial charge in [0.05, 0.1) is 11.6 Å². The highest BCUT2D eigenvalue weighted by Crippen LogP contribution is 2.12. The topological polar surface area (TPSA) is 26.0 Å². The Kier molecular flexibility index (Phi) is 3.81. The second-order valence-corrected chi connectivity index (χ2v) is 3.37. The van der Waals surface area contributed by atoms with E-state index in [1.807, 2.05) is 6.92 Å². The van der Waals surface area contributed by atoms with Crippen LogP contribution >= 0.6 is 0 Å². The molecule has 80 valence electrons. The Morgan fingerprint density at radius 1 is 1.33 bits per heavy atom. The standard InChI is InChI=1S/C12H13F2N/c1-3-10(15)5-4-9-7-11(13)8(2)6-12(9)14/h6-7,10H,3,15H2,1-2H3. The van der Waals surface area contributed by atoms with E-state index in [1.165, 1.54) is 6.92 Å². The van der Waals surface area contributed by atoms with E-state index in [0.29, 0.717) is 6.42 Å². The van der Waals surface area contributed by atoms with Crippen LogP contribution in [0.1, 0.15) is 24.5 Å². The molecule has 1 aromatic rings. The van der Waals surface area contributed by atoms with Gasteiger partial charge in [0, 0.05) is 0 Å². The molecule has 0 heterocycles. The zero-order valence-corrected chi connectivity index (χ0v) is 8.77. The lowest BCUT2D eigenvalue weighted by Crippen LogP contribution is -2.15. The molecule has 0 amide bonds. The second-order valence-electron chi connectivity index (χ2n) is 3.37. The average Bonchev–Trinajstić information content (AvgIpc) is 2.21. The molecule has 1 atom stereocenters. The van der Waals surface area contributed by atoms with E-state index >= 15 is 0 Å². The van der Waals surface area contributed by atoms with Crippen molar-refractivity contribution < 1.29 is 8.78 Å². The molecule has 0 aliphatic carbocycles. The summed E-state index contributed by atoms with van der Waals surface area (Å²) in [6, 6.07) is 1.94. The summed E-state index contributed by atoms with van der Waals surface area (Å²) in [5.41, 5.74) is 5.88. The van der Waals surface area contributed by atoms with Crippen LogP contribution in [0.2, 0.25) is 0 Å². The van der Waals surface area contributed by atoms with Crippen molar-refractivity contribution in [2.45, 2.75) is 26.3 Å². The van der Waals surface area contributed by atoms with E-state index in [4.69, 9.17) is 5.73 Å². The molecule has 0 bridgehead atoms. The summed E-state index contributed by atoms with van der Waals surface area (Å²) in [4.78, 5) is 0. The lowest BCUT2D eigenvalue weighted by molar-refractivity contribution is 0.589. The lowest BCUT2D eigenvalue weighted by Gasteiger charge is -2.00. The Morgan fingerprint density at radius 2 is 2.00 bits per heavy atom. The molecule has 3 heteroatoms. The SMILES string of the molecule is CCC(N)C#Cc1cc(F)c(C)cc1F. The van der Waals surface area contributed by atoms with Gasteiger partial charge in [0.2, 0.25) is 0 Å². The fourth-order valence-corrected chi connectivity index (χ4v) is 1.01. The number of halogens is 2. The van der Waals surface area contributed by atoms with E-state index < -0.39 is 11.6 Å². The van der Waals surface area contributed by atoms with Crippen LogP contribution in [0.4, 0.5) is 8.78 Å². The van der Waals surface area contributed by atoms with Gasteiger partial charge in [-0.25, -0.2) is 8.78 Å². The van der Waals surface area contributed by atoms with Crippen molar-refractivity contribution in [2.24, 2.45) is 5.73 Å². The molecule has 0 saturated carbocycles. The van der Waals surface area contributed by atoms with E-state index in [0.717, 1.165) is 12.1 Å². The maximum atomic E-state index is 13.3. The van der Waals surface area contributed by atoms with Gasteiger partial charge in [-0.1, -0.05) is 18.8 Å². The second kappa shape index (κ2) is 4.90. The summed E-state index contributed by atoms with van der Waals surface area (Å²) in [6.07, 6.45) is 0.683. The molecule has 0 aromatic heterocycles. The first-order chi connectivity index (χ1) is 7.04. The highest BCUT2D eigenvalue weighted by atomic mass is 19.1. The zero-order valence-electron chi connectivity index (χ0n) is 8.77. The van der Waals surface area contributed by atoms with E-state index in [2.05, 4.69) is 11.8 Å². The highest BCUT2D eigenvalue weighted by Gasteiger charge is 2.04. The molecule has 0 radical (unpaired) electrons. The molecule has 15 heavy (non-hydrogen) atoms. The van der Waals surface area contributed by atoms with Gasteiger partial charge in [0.25, 0.3) is 0 Å². The average molecular weight is 209 g/mol. The van der Waals surface area contributed by atoms with Gasteiger partial charge >= 0.3 is 0 Å². The Morgan fingerprint density at radius 3 is 2.60 bits per heavy atom. The Labute approximate surface area is 88.3 Å². The maximum absolute atomic E-state index is 13.3. The largest absolute Gasteiger partial charge is 0.318 e.